The third kappa shape index (κ3) is 3.84. The van der Waals surface area contributed by atoms with Gasteiger partial charge in [-0.15, -0.1) is 0 Å². The van der Waals surface area contributed by atoms with E-state index < -0.39 is 0 Å². The minimum absolute atomic E-state index is 0.426. The summed E-state index contributed by atoms with van der Waals surface area (Å²) < 4.78 is 0. The van der Waals surface area contributed by atoms with Gasteiger partial charge in [-0.3, -0.25) is 9.88 Å². The maximum absolute atomic E-state index is 4.52. The summed E-state index contributed by atoms with van der Waals surface area (Å²) >= 11 is 1.72. The number of hydrogen-bond donors (Lipinski definition) is 0. The Morgan fingerprint density at radius 2 is 2.09 bits per heavy atom. The molecule has 1 saturated heterocycles. The van der Waals surface area contributed by atoms with Crippen LogP contribution in [0.15, 0.2) is 41.9 Å². The number of aromatic nitrogens is 3. The van der Waals surface area contributed by atoms with Gasteiger partial charge in [0.25, 0.3) is 0 Å². The zero-order chi connectivity index (χ0) is 15.2. The van der Waals surface area contributed by atoms with E-state index in [-0.39, 0.29) is 0 Å². The summed E-state index contributed by atoms with van der Waals surface area (Å²) in [6.07, 6.45) is 9.39. The van der Waals surface area contributed by atoms with E-state index in [1.165, 1.54) is 24.1 Å². The van der Waals surface area contributed by atoms with Gasteiger partial charge < -0.3 is 0 Å². The van der Waals surface area contributed by atoms with Gasteiger partial charge in [-0.2, -0.15) is 0 Å². The molecule has 1 aliphatic rings. The Morgan fingerprint density at radius 1 is 1.23 bits per heavy atom. The second-order valence-electron chi connectivity index (χ2n) is 5.61. The molecule has 3 rings (SSSR count). The van der Waals surface area contributed by atoms with Gasteiger partial charge in [0.05, 0.1) is 11.7 Å². The first-order valence-corrected chi connectivity index (χ1v) is 8.94. The minimum atomic E-state index is 0.426. The molecule has 116 valence electrons. The molecule has 0 radical (unpaired) electrons. The Bertz CT molecular complexity index is 573. The van der Waals surface area contributed by atoms with E-state index >= 15 is 0 Å². The van der Waals surface area contributed by atoms with Gasteiger partial charge in [0.15, 0.2) is 5.16 Å². The lowest BCUT2D eigenvalue weighted by atomic mass is 10.1. The molecule has 5 heteroatoms. The molecule has 0 aliphatic carbocycles. The molecular weight excluding hydrogens is 292 g/mol. The number of hydrogen-bond acceptors (Lipinski definition) is 5. The summed E-state index contributed by atoms with van der Waals surface area (Å²) in [6.45, 7) is 4.19. The Balaban J connectivity index is 1.64. The molecule has 0 spiro atoms. The largest absolute Gasteiger partial charge is 0.290 e. The van der Waals surface area contributed by atoms with Gasteiger partial charge >= 0.3 is 0 Å². The highest BCUT2D eigenvalue weighted by Gasteiger charge is 2.26. The molecule has 3 heterocycles. The number of likely N-dealkylation sites (tertiary alicyclic amines) is 1. The predicted octanol–water partition coefficient (Wildman–Crippen LogP) is 3.71. The molecular formula is C17H22N4S. The standard InChI is InChI=1S/C17H22N4S/c1-2-10-22-17-19-11-14(12-20-17)13-21-9-5-7-16(21)15-6-3-4-8-18-15/h3-4,6,8,11-12,16H,2,5,7,9-10,13H2,1H3/t16-/m0/s1. The Hall–Kier alpha value is -1.46. The average molecular weight is 314 g/mol. The van der Waals surface area contributed by atoms with Crippen LogP contribution in [0, 0.1) is 0 Å². The van der Waals surface area contributed by atoms with Crippen molar-refractivity contribution in [2.45, 2.75) is 43.9 Å². The molecule has 0 bridgehead atoms. The van der Waals surface area contributed by atoms with Crippen LogP contribution < -0.4 is 0 Å². The normalized spacial score (nSPS) is 18.7. The zero-order valence-corrected chi connectivity index (χ0v) is 13.8. The van der Waals surface area contributed by atoms with E-state index in [0.717, 1.165) is 30.4 Å². The molecule has 2 aromatic rings. The smallest absolute Gasteiger partial charge is 0.187 e. The highest BCUT2D eigenvalue weighted by Crippen LogP contribution is 2.31. The van der Waals surface area contributed by atoms with Crippen LogP contribution in [0.1, 0.15) is 43.5 Å². The first-order chi connectivity index (χ1) is 10.9. The van der Waals surface area contributed by atoms with Gasteiger partial charge in [-0.05, 0) is 37.9 Å². The van der Waals surface area contributed by atoms with Crippen LogP contribution in [0.5, 0.6) is 0 Å². The lowest BCUT2D eigenvalue weighted by Gasteiger charge is -2.23. The van der Waals surface area contributed by atoms with E-state index in [9.17, 15) is 0 Å². The van der Waals surface area contributed by atoms with Crippen LogP contribution in [0.3, 0.4) is 0 Å². The fraction of sp³-hybridized carbons (Fsp3) is 0.471. The molecule has 1 atom stereocenters. The monoisotopic (exact) mass is 314 g/mol. The molecule has 22 heavy (non-hydrogen) atoms. The van der Waals surface area contributed by atoms with Crippen LogP contribution in [0.4, 0.5) is 0 Å². The minimum Gasteiger partial charge on any atom is -0.290 e. The Labute approximate surface area is 136 Å². The fourth-order valence-electron chi connectivity index (χ4n) is 2.85. The second-order valence-corrected chi connectivity index (χ2v) is 6.67. The van der Waals surface area contributed by atoms with Crippen LogP contribution in [-0.4, -0.2) is 32.1 Å². The topological polar surface area (TPSA) is 41.9 Å². The molecule has 1 aliphatic heterocycles. The summed E-state index contributed by atoms with van der Waals surface area (Å²) in [4.78, 5) is 15.9. The molecule has 2 aromatic heterocycles. The summed E-state index contributed by atoms with van der Waals surface area (Å²) in [6, 6.07) is 6.60. The predicted molar refractivity (Wildman–Crippen MR) is 89.7 cm³/mol. The molecule has 0 aromatic carbocycles. The van der Waals surface area contributed by atoms with Crippen molar-refractivity contribution >= 4 is 11.8 Å². The number of pyridine rings is 1. The van der Waals surface area contributed by atoms with Crippen LogP contribution in [0.25, 0.3) is 0 Å². The fourth-order valence-corrected chi connectivity index (χ4v) is 3.49. The van der Waals surface area contributed by atoms with Gasteiger partial charge in [0.1, 0.15) is 0 Å². The van der Waals surface area contributed by atoms with Crippen molar-refractivity contribution in [1.82, 2.24) is 19.9 Å². The molecule has 0 N–H and O–H groups in total. The first kappa shape index (κ1) is 15.4. The van der Waals surface area contributed by atoms with E-state index in [2.05, 4.69) is 38.9 Å². The van der Waals surface area contributed by atoms with E-state index in [4.69, 9.17) is 0 Å². The van der Waals surface area contributed by atoms with E-state index in [1.54, 1.807) is 11.8 Å². The third-order valence-electron chi connectivity index (χ3n) is 3.90. The summed E-state index contributed by atoms with van der Waals surface area (Å²) in [5.41, 5.74) is 2.36. The van der Waals surface area contributed by atoms with Gasteiger partial charge in [0.2, 0.25) is 0 Å². The van der Waals surface area contributed by atoms with Gasteiger partial charge in [-0.25, -0.2) is 9.97 Å². The molecule has 4 nitrogen and oxygen atoms in total. The second kappa shape index (κ2) is 7.70. The van der Waals surface area contributed by atoms with Gasteiger partial charge in [-0.1, -0.05) is 24.8 Å². The molecule has 0 amide bonds. The zero-order valence-electron chi connectivity index (χ0n) is 13.0. The highest BCUT2D eigenvalue weighted by molar-refractivity contribution is 7.99. The van der Waals surface area contributed by atoms with Crippen molar-refractivity contribution in [3.8, 4) is 0 Å². The molecule has 0 saturated carbocycles. The van der Waals surface area contributed by atoms with Gasteiger partial charge in [0, 0.05) is 36.5 Å². The third-order valence-corrected chi connectivity index (χ3v) is 4.98. The lowest BCUT2D eigenvalue weighted by molar-refractivity contribution is 0.243. The molecule has 0 unspecified atom stereocenters. The van der Waals surface area contributed by atoms with Crippen molar-refractivity contribution in [3.05, 3.63) is 48.0 Å². The van der Waals surface area contributed by atoms with Crippen molar-refractivity contribution in [1.29, 1.82) is 0 Å². The Kier molecular flexibility index (Phi) is 5.40. The maximum atomic E-state index is 4.52. The van der Waals surface area contributed by atoms with Crippen molar-refractivity contribution in [2.75, 3.05) is 12.3 Å². The number of nitrogens with zero attached hydrogens (tertiary/aromatic N) is 4. The summed E-state index contributed by atoms with van der Waals surface area (Å²) in [5, 5.41) is 0.883. The number of rotatable bonds is 6. The van der Waals surface area contributed by atoms with Crippen LogP contribution in [0.2, 0.25) is 0 Å². The quantitative estimate of drug-likeness (QED) is 0.600. The van der Waals surface area contributed by atoms with Crippen molar-refractivity contribution in [2.24, 2.45) is 0 Å². The summed E-state index contributed by atoms with van der Waals surface area (Å²) in [7, 11) is 0. The maximum Gasteiger partial charge on any atom is 0.187 e. The Morgan fingerprint density at radius 3 is 2.82 bits per heavy atom. The van der Waals surface area contributed by atoms with E-state index in [1.807, 2.05) is 24.7 Å². The first-order valence-electron chi connectivity index (χ1n) is 7.95. The van der Waals surface area contributed by atoms with E-state index in [0.29, 0.717) is 6.04 Å². The van der Waals surface area contributed by atoms with Crippen molar-refractivity contribution in [3.63, 3.8) is 0 Å². The molecule has 1 fully saturated rings. The SMILES string of the molecule is CCCSc1ncc(CN2CCC[C@H]2c2ccccn2)cn1. The summed E-state index contributed by atoms with van der Waals surface area (Å²) in [5.74, 6) is 1.08. The average Bonchev–Trinajstić information content (AvgIpc) is 3.03. The number of thioether (sulfide) groups is 1. The lowest BCUT2D eigenvalue weighted by Crippen LogP contribution is -2.23. The van der Waals surface area contributed by atoms with Crippen LogP contribution >= 0.6 is 11.8 Å². The van der Waals surface area contributed by atoms with Crippen molar-refractivity contribution < 1.29 is 0 Å². The highest BCUT2D eigenvalue weighted by atomic mass is 32.2. The van der Waals surface area contributed by atoms with Crippen LogP contribution in [-0.2, 0) is 6.54 Å².